The molecule has 1 heterocycles. The third-order valence-corrected chi connectivity index (χ3v) is 5.75. The van der Waals surface area contributed by atoms with Crippen LogP contribution < -0.4 is 0 Å². The zero-order chi connectivity index (χ0) is 18.1. The monoisotopic (exact) mass is 364 g/mol. The third kappa shape index (κ3) is 3.29. The van der Waals surface area contributed by atoms with Gasteiger partial charge in [0.1, 0.15) is 0 Å². The number of carbonyl (C=O) groups excluding carboxylic acids is 1. The van der Waals surface area contributed by atoms with Gasteiger partial charge in [-0.25, -0.2) is 0 Å². The van der Waals surface area contributed by atoms with Crippen molar-refractivity contribution in [1.82, 2.24) is 20.2 Å². The van der Waals surface area contributed by atoms with Crippen LogP contribution in [0, 0.1) is 6.92 Å². The van der Waals surface area contributed by atoms with Crippen molar-refractivity contribution in [2.45, 2.75) is 43.5 Å². The van der Waals surface area contributed by atoms with Gasteiger partial charge in [0, 0.05) is 5.56 Å². The molecule has 2 aromatic carbocycles. The molecular formula is C20H20N4OS. The quantitative estimate of drug-likeness (QED) is 0.509. The number of hydrogen-bond donors (Lipinski definition) is 0. The normalized spacial score (nSPS) is 14.2. The Balaban J connectivity index is 1.54. The summed E-state index contributed by atoms with van der Waals surface area (Å²) in [6, 6.07) is 14.1. The molecule has 0 N–H and O–H groups in total. The fraction of sp³-hybridized carbons (Fsp3) is 0.300. The first-order valence-electron chi connectivity index (χ1n) is 8.80. The summed E-state index contributed by atoms with van der Waals surface area (Å²) in [6.45, 7) is 3.94. The van der Waals surface area contributed by atoms with Crippen molar-refractivity contribution in [1.29, 1.82) is 0 Å². The van der Waals surface area contributed by atoms with Crippen molar-refractivity contribution < 1.29 is 4.79 Å². The van der Waals surface area contributed by atoms with Gasteiger partial charge in [-0.15, -0.1) is 5.10 Å². The van der Waals surface area contributed by atoms with Crippen LogP contribution in [0.5, 0.6) is 0 Å². The minimum Gasteiger partial charge on any atom is -0.293 e. The number of hydrogen-bond acceptors (Lipinski definition) is 5. The summed E-state index contributed by atoms with van der Waals surface area (Å²) in [4.78, 5) is 12.9. The predicted octanol–water partition coefficient (Wildman–Crippen LogP) is 3.82. The molecule has 0 saturated carbocycles. The number of aromatic nitrogens is 4. The molecule has 5 nitrogen and oxygen atoms in total. The van der Waals surface area contributed by atoms with Gasteiger partial charge in [-0.3, -0.25) is 4.79 Å². The zero-order valence-corrected chi connectivity index (χ0v) is 15.7. The fourth-order valence-corrected chi connectivity index (χ4v) is 4.23. The number of ketones is 1. The van der Waals surface area contributed by atoms with E-state index in [2.05, 4.69) is 27.7 Å². The van der Waals surface area contributed by atoms with Gasteiger partial charge in [-0.05, 0) is 78.4 Å². The van der Waals surface area contributed by atoms with Crippen LogP contribution in [0.2, 0.25) is 0 Å². The Bertz CT molecular complexity index is 966. The smallest absolute Gasteiger partial charge is 0.214 e. The Morgan fingerprint density at radius 1 is 1.15 bits per heavy atom. The number of aryl methyl sites for hydroxylation is 3. The summed E-state index contributed by atoms with van der Waals surface area (Å²) in [5.41, 5.74) is 5.51. The van der Waals surface area contributed by atoms with E-state index in [9.17, 15) is 4.79 Å². The summed E-state index contributed by atoms with van der Waals surface area (Å²) >= 11 is 1.39. The first-order valence-corrected chi connectivity index (χ1v) is 9.68. The van der Waals surface area contributed by atoms with Gasteiger partial charge in [-0.1, -0.05) is 36.0 Å². The number of benzene rings is 2. The van der Waals surface area contributed by atoms with Crippen molar-refractivity contribution >= 4 is 17.5 Å². The molecule has 1 unspecified atom stereocenters. The minimum absolute atomic E-state index is 0.114. The maximum atomic E-state index is 12.9. The molecule has 0 fully saturated rings. The molecule has 26 heavy (non-hydrogen) atoms. The van der Waals surface area contributed by atoms with E-state index >= 15 is 0 Å². The van der Waals surface area contributed by atoms with Crippen LogP contribution in [0.25, 0.3) is 5.69 Å². The molecule has 1 aliphatic carbocycles. The van der Waals surface area contributed by atoms with Gasteiger partial charge in [0.25, 0.3) is 0 Å². The van der Waals surface area contributed by atoms with Gasteiger partial charge in [0.15, 0.2) is 5.78 Å². The van der Waals surface area contributed by atoms with Gasteiger partial charge in [-0.2, -0.15) is 4.68 Å². The van der Waals surface area contributed by atoms with Gasteiger partial charge in [0.05, 0.1) is 10.9 Å². The Morgan fingerprint density at radius 3 is 2.85 bits per heavy atom. The topological polar surface area (TPSA) is 60.7 Å². The highest BCUT2D eigenvalue weighted by atomic mass is 32.2. The van der Waals surface area contributed by atoms with Crippen molar-refractivity contribution in [2.75, 3.05) is 0 Å². The predicted molar refractivity (Wildman–Crippen MR) is 102 cm³/mol. The van der Waals surface area contributed by atoms with E-state index in [0.717, 1.165) is 29.7 Å². The second kappa shape index (κ2) is 7.03. The number of Topliss-reactive ketones (excluding diaryl/α,β-unsaturated/α-hetero) is 1. The number of nitrogens with zero attached hydrogens (tertiary/aromatic N) is 4. The van der Waals surface area contributed by atoms with Crippen LogP contribution in [0.1, 0.15) is 40.4 Å². The molecule has 0 amide bonds. The average molecular weight is 364 g/mol. The summed E-state index contributed by atoms with van der Waals surface area (Å²) in [7, 11) is 0. The molecule has 6 heteroatoms. The largest absolute Gasteiger partial charge is 0.293 e. The maximum Gasteiger partial charge on any atom is 0.214 e. The van der Waals surface area contributed by atoms with Crippen molar-refractivity contribution in [3.8, 4) is 5.69 Å². The SMILES string of the molecule is Cc1cccc(-n2nnnc2SC(C)C(=O)c2ccc3c(c2)CCC3)c1. The molecule has 1 atom stereocenters. The third-order valence-electron chi connectivity index (χ3n) is 4.72. The molecule has 132 valence electrons. The number of fused-ring (bicyclic) bond motifs is 1. The summed E-state index contributed by atoms with van der Waals surface area (Å²) in [5, 5.41) is 12.3. The Kier molecular flexibility index (Phi) is 4.59. The standard InChI is InChI=1S/C20H20N4OS/c1-13-5-3-8-18(11-13)24-20(21-22-23-24)26-14(2)19(25)17-10-9-15-6-4-7-16(15)12-17/h3,5,8-12,14H,4,6-7H2,1-2H3. The lowest BCUT2D eigenvalue weighted by Crippen LogP contribution is -2.15. The summed E-state index contributed by atoms with van der Waals surface area (Å²) < 4.78 is 1.68. The second-order valence-corrected chi connectivity index (χ2v) is 7.98. The van der Waals surface area contributed by atoms with E-state index in [1.54, 1.807) is 4.68 Å². The van der Waals surface area contributed by atoms with Crippen LogP contribution in [-0.2, 0) is 12.8 Å². The lowest BCUT2D eigenvalue weighted by atomic mass is 10.0. The van der Waals surface area contributed by atoms with Gasteiger partial charge < -0.3 is 0 Å². The molecule has 0 radical (unpaired) electrons. The number of thioether (sulfide) groups is 1. The lowest BCUT2D eigenvalue weighted by Gasteiger charge is -2.11. The highest BCUT2D eigenvalue weighted by molar-refractivity contribution is 8.00. The number of carbonyl (C=O) groups is 1. The van der Waals surface area contributed by atoms with Gasteiger partial charge >= 0.3 is 0 Å². The molecule has 1 aliphatic rings. The van der Waals surface area contributed by atoms with E-state index in [1.165, 1.54) is 29.3 Å². The van der Waals surface area contributed by atoms with Crippen molar-refractivity contribution in [3.63, 3.8) is 0 Å². The summed E-state index contributed by atoms with van der Waals surface area (Å²) in [5.74, 6) is 0.114. The molecule has 0 bridgehead atoms. The van der Waals surface area contributed by atoms with E-state index in [4.69, 9.17) is 0 Å². The van der Waals surface area contributed by atoms with Crippen LogP contribution in [-0.4, -0.2) is 31.2 Å². The van der Waals surface area contributed by atoms with E-state index in [-0.39, 0.29) is 11.0 Å². The average Bonchev–Trinajstić information content (AvgIpc) is 3.29. The summed E-state index contributed by atoms with van der Waals surface area (Å²) in [6.07, 6.45) is 3.38. The van der Waals surface area contributed by atoms with Crippen molar-refractivity contribution in [3.05, 3.63) is 64.7 Å². The molecule has 4 rings (SSSR count). The number of tetrazole rings is 1. The van der Waals surface area contributed by atoms with Crippen LogP contribution >= 0.6 is 11.8 Å². The van der Waals surface area contributed by atoms with E-state index in [0.29, 0.717) is 5.16 Å². The molecule has 3 aromatic rings. The highest BCUT2D eigenvalue weighted by Gasteiger charge is 2.22. The first kappa shape index (κ1) is 17.0. The molecule has 0 spiro atoms. The van der Waals surface area contributed by atoms with E-state index in [1.807, 2.05) is 44.2 Å². The fourth-order valence-electron chi connectivity index (χ4n) is 3.35. The van der Waals surface area contributed by atoms with Crippen molar-refractivity contribution in [2.24, 2.45) is 0 Å². The highest BCUT2D eigenvalue weighted by Crippen LogP contribution is 2.28. The molecule has 1 aromatic heterocycles. The molecular weight excluding hydrogens is 344 g/mol. The van der Waals surface area contributed by atoms with Gasteiger partial charge in [0.2, 0.25) is 5.16 Å². The van der Waals surface area contributed by atoms with Crippen LogP contribution in [0.15, 0.2) is 47.6 Å². The van der Waals surface area contributed by atoms with Crippen LogP contribution in [0.4, 0.5) is 0 Å². The number of rotatable bonds is 5. The maximum absolute atomic E-state index is 12.9. The van der Waals surface area contributed by atoms with E-state index < -0.39 is 0 Å². The molecule has 0 aliphatic heterocycles. The first-order chi connectivity index (χ1) is 12.6. The van der Waals surface area contributed by atoms with Crippen LogP contribution in [0.3, 0.4) is 0 Å². The molecule has 0 saturated heterocycles. The Labute approximate surface area is 156 Å². The zero-order valence-electron chi connectivity index (χ0n) is 14.8. The minimum atomic E-state index is -0.260. The lowest BCUT2D eigenvalue weighted by molar-refractivity contribution is 0.0993. The second-order valence-electron chi connectivity index (χ2n) is 6.67. The Morgan fingerprint density at radius 2 is 2.00 bits per heavy atom. The Hall–Kier alpha value is -2.47.